The van der Waals surface area contributed by atoms with Crippen LogP contribution in [0.2, 0.25) is 0 Å². The lowest BCUT2D eigenvalue weighted by molar-refractivity contribution is -0.149. The van der Waals surface area contributed by atoms with Crippen molar-refractivity contribution in [2.24, 2.45) is 17.8 Å². The van der Waals surface area contributed by atoms with Gasteiger partial charge in [-0.3, -0.25) is 4.90 Å². The summed E-state index contributed by atoms with van der Waals surface area (Å²) in [5, 5.41) is 3.59. The van der Waals surface area contributed by atoms with Gasteiger partial charge in [0.2, 0.25) is 0 Å². The van der Waals surface area contributed by atoms with E-state index in [2.05, 4.69) is 5.32 Å². The van der Waals surface area contributed by atoms with Crippen LogP contribution in [-0.2, 0) is 0 Å². The maximum atomic E-state index is 12.4. The molecule has 3 atom stereocenters. The Balaban J connectivity index is 1.41. The third kappa shape index (κ3) is 4.09. The van der Waals surface area contributed by atoms with E-state index in [1.807, 2.05) is 0 Å². The van der Waals surface area contributed by atoms with Crippen molar-refractivity contribution in [1.29, 1.82) is 0 Å². The summed E-state index contributed by atoms with van der Waals surface area (Å²) in [6.07, 6.45) is 1.87. The van der Waals surface area contributed by atoms with E-state index in [0.717, 1.165) is 25.3 Å². The highest BCUT2D eigenvalue weighted by Crippen LogP contribution is 2.42. The first-order chi connectivity index (χ1) is 9.01. The lowest BCUT2D eigenvalue weighted by atomic mass is 9.93. The molecule has 0 amide bonds. The lowest BCUT2D eigenvalue weighted by Gasteiger charge is -2.33. The summed E-state index contributed by atoms with van der Waals surface area (Å²) in [7, 11) is 0. The summed E-state index contributed by atoms with van der Waals surface area (Å²) in [4.78, 5) is 1.60. The molecule has 2 nitrogen and oxygen atoms in total. The first kappa shape index (κ1) is 13.7. The van der Waals surface area contributed by atoms with Gasteiger partial charge in [0.1, 0.15) is 0 Å². The van der Waals surface area contributed by atoms with Crippen LogP contribution in [0.5, 0.6) is 0 Å². The molecule has 1 heterocycles. The molecule has 0 aromatic carbocycles. The molecule has 110 valence electrons. The van der Waals surface area contributed by atoms with Crippen molar-refractivity contribution in [1.82, 2.24) is 10.2 Å². The molecule has 1 aliphatic heterocycles. The van der Waals surface area contributed by atoms with Crippen LogP contribution < -0.4 is 5.32 Å². The molecule has 0 spiro atoms. The summed E-state index contributed by atoms with van der Waals surface area (Å²) in [6.45, 7) is 1.66. The summed E-state index contributed by atoms with van der Waals surface area (Å²) < 4.78 is 37.3. The summed E-state index contributed by atoms with van der Waals surface area (Å²) in [6, 6.07) is 0.594. The highest BCUT2D eigenvalue weighted by molar-refractivity contribution is 4.99. The van der Waals surface area contributed by atoms with Crippen molar-refractivity contribution in [3.63, 3.8) is 0 Å². The minimum absolute atomic E-state index is 0.479. The van der Waals surface area contributed by atoms with Gasteiger partial charge in [-0.15, -0.1) is 0 Å². The summed E-state index contributed by atoms with van der Waals surface area (Å²) in [5.41, 5.74) is 0. The van der Waals surface area contributed by atoms with E-state index in [1.54, 1.807) is 4.90 Å². The van der Waals surface area contributed by atoms with Gasteiger partial charge in [-0.25, -0.2) is 0 Å². The van der Waals surface area contributed by atoms with Crippen molar-refractivity contribution in [2.75, 3.05) is 26.2 Å². The Bertz CT molecular complexity index is 314. The maximum absolute atomic E-state index is 12.4. The molecule has 5 heteroatoms. The SMILES string of the molecule is FC(F)(F)CN1CCCC(C2CC2NCC2CC2)C1. The molecule has 3 rings (SSSR count). The van der Waals surface area contributed by atoms with Gasteiger partial charge in [0.25, 0.3) is 0 Å². The molecule has 1 N–H and O–H groups in total. The Kier molecular flexibility index (Phi) is 3.78. The zero-order valence-electron chi connectivity index (χ0n) is 11.3. The lowest BCUT2D eigenvalue weighted by Crippen LogP contribution is -2.42. The van der Waals surface area contributed by atoms with E-state index >= 15 is 0 Å². The predicted octanol–water partition coefficient (Wildman–Crippen LogP) is 2.65. The third-order valence-electron chi connectivity index (χ3n) is 4.76. The van der Waals surface area contributed by atoms with Crippen molar-refractivity contribution < 1.29 is 13.2 Å². The van der Waals surface area contributed by atoms with E-state index in [4.69, 9.17) is 0 Å². The van der Waals surface area contributed by atoms with Gasteiger partial charge in [0, 0.05) is 12.6 Å². The topological polar surface area (TPSA) is 15.3 Å². The molecule has 3 fully saturated rings. The van der Waals surface area contributed by atoms with Crippen molar-refractivity contribution in [2.45, 2.75) is 44.3 Å². The number of alkyl halides is 3. The normalized spacial score (nSPS) is 36.5. The molecule has 0 radical (unpaired) electrons. The van der Waals surface area contributed by atoms with E-state index in [1.165, 1.54) is 19.3 Å². The molecule has 3 aliphatic rings. The Morgan fingerprint density at radius 1 is 1.16 bits per heavy atom. The summed E-state index contributed by atoms with van der Waals surface area (Å²) in [5.74, 6) is 2.00. The number of rotatable bonds is 5. The third-order valence-corrected chi connectivity index (χ3v) is 4.76. The molecule has 0 aromatic heterocycles. The number of hydrogen-bond donors (Lipinski definition) is 1. The van der Waals surface area contributed by atoms with Crippen molar-refractivity contribution >= 4 is 0 Å². The molecule has 3 unspecified atom stereocenters. The van der Waals surface area contributed by atoms with E-state index < -0.39 is 12.7 Å². The van der Waals surface area contributed by atoms with E-state index in [-0.39, 0.29) is 0 Å². The monoisotopic (exact) mass is 276 g/mol. The first-order valence-electron chi connectivity index (χ1n) is 7.54. The van der Waals surface area contributed by atoms with Gasteiger partial charge >= 0.3 is 6.18 Å². The molecule has 0 aromatic rings. The number of piperidine rings is 1. The fourth-order valence-electron chi connectivity index (χ4n) is 3.45. The van der Waals surface area contributed by atoms with Crippen LogP contribution in [0.3, 0.4) is 0 Å². The zero-order valence-corrected chi connectivity index (χ0v) is 11.3. The number of halogens is 3. The summed E-state index contributed by atoms with van der Waals surface area (Å²) >= 11 is 0. The number of likely N-dealkylation sites (tertiary alicyclic amines) is 1. The Labute approximate surface area is 112 Å². The first-order valence-corrected chi connectivity index (χ1v) is 7.54. The second kappa shape index (κ2) is 5.24. The van der Waals surface area contributed by atoms with Gasteiger partial charge < -0.3 is 5.32 Å². The largest absolute Gasteiger partial charge is 0.401 e. The smallest absolute Gasteiger partial charge is 0.313 e. The van der Waals surface area contributed by atoms with Crippen LogP contribution >= 0.6 is 0 Å². The Hall–Kier alpha value is -0.290. The highest BCUT2D eigenvalue weighted by atomic mass is 19.4. The van der Waals surface area contributed by atoms with Gasteiger partial charge in [0.15, 0.2) is 0 Å². The van der Waals surface area contributed by atoms with Crippen LogP contribution in [-0.4, -0.2) is 43.3 Å². The van der Waals surface area contributed by atoms with E-state index in [9.17, 15) is 13.2 Å². The van der Waals surface area contributed by atoms with E-state index in [0.29, 0.717) is 31.0 Å². The van der Waals surface area contributed by atoms with Crippen molar-refractivity contribution in [3.05, 3.63) is 0 Å². The van der Waals surface area contributed by atoms with Crippen molar-refractivity contribution in [3.8, 4) is 0 Å². The molecule has 0 bridgehead atoms. The predicted molar refractivity (Wildman–Crippen MR) is 67.8 cm³/mol. The van der Waals surface area contributed by atoms with Gasteiger partial charge in [-0.2, -0.15) is 13.2 Å². The molecular weight excluding hydrogens is 253 g/mol. The zero-order chi connectivity index (χ0) is 13.5. The average molecular weight is 276 g/mol. The molecule has 19 heavy (non-hydrogen) atoms. The van der Waals surface area contributed by atoms with Crippen LogP contribution in [0, 0.1) is 17.8 Å². The fourth-order valence-corrected chi connectivity index (χ4v) is 3.45. The number of nitrogens with zero attached hydrogens (tertiary/aromatic N) is 1. The molecule has 2 aliphatic carbocycles. The second-order valence-electron chi connectivity index (χ2n) is 6.61. The van der Waals surface area contributed by atoms with Crippen LogP contribution in [0.1, 0.15) is 32.1 Å². The average Bonchev–Trinajstić information content (AvgIpc) is 3.20. The van der Waals surface area contributed by atoms with Crippen LogP contribution in [0.25, 0.3) is 0 Å². The fraction of sp³-hybridized carbons (Fsp3) is 1.00. The highest BCUT2D eigenvalue weighted by Gasteiger charge is 2.45. The minimum Gasteiger partial charge on any atom is -0.313 e. The van der Waals surface area contributed by atoms with Gasteiger partial charge in [-0.05, 0) is 62.9 Å². The molecule has 2 saturated carbocycles. The second-order valence-corrected chi connectivity index (χ2v) is 6.61. The standard InChI is InChI=1S/C14H23F3N2/c15-14(16,17)9-19-5-1-2-11(8-19)12-6-13(12)18-7-10-3-4-10/h10-13,18H,1-9H2. The van der Waals surface area contributed by atoms with Gasteiger partial charge in [-0.1, -0.05) is 0 Å². The van der Waals surface area contributed by atoms with Crippen LogP contribution in [0.4, 0.5) is 13.2 Å². The Morgan fingerprint density at radius 3 is 2.63 bits per heavy atom. The molecular formula is C14H23F3N2. The quantitative estimate of drug-likeness (QED) is 0.830. The van der Waals surface area contributed by atoms with Gasteiger partial charge in [0.05, 0.1) is 6.54 Å². The Morgan fingerprint density at radius 2 is 1.95 bits per heavy atom. The van der Waals surface area contributed by atoms with Crippen LogP contribution in [0.15, 0.2) is 0 Å². The molecule has 1 saturated heterocycles. The maximum Gasteiger partial charge on any atom is 0.401 e. The minimum atomic E-state index is -4.05. The number of nitrogens with one attached hydrogen (secondary N) is 1. The number of hydrogen-bond acceptors (Lipinski definition) is 2.